The molecule has 36 heavy (non-hydrogen) atoms. The number of carbonyl (C=O) groups excluding carboxylic acids is 3. The summed E-state index contributed by atoms with van der Waals surface area (Å²) in [4.78, 5) is 78.2. The van der Waals surface area contributed by atoms with E-state index >= 15 is 0 Å². The second-order valence-corrected chi connectivity index (χ2v) is 8.25. The highest BCUT2D eigenvalue weighted by atomic mass is 16.4. The first kappa shape index (κ1) is 30.0. The fourth-order valence-corrected chi connectivity index (χ4v) is 3.13. The van der Waals surface area contributed by atoms with Crippen LogP contribution in [0.15, 0.2) is 12.5 Å². The standard InChI is InChI=1S/C21H32N6O9/c1-3-10(2)17(27-18(32)12(22)7-16(30)31)20(34)26-14(6-11-8-23-9-24-11)19(33)25-13(21(35)36)4-5-15(28)29/h8-10,12-14,17H,3-7,22H2,1-2H3,(H,23,24)(H,25,33)(H,26,34)(H,27,32)(H,28,29)(H,30,31)(H,35,36). The summed E-state index contributed by atoms with van der Waals surface area (Å²) in [5.74, 6) is -6.98. The lowest BCUT2D eigenvalue weighted by Gasteiger charge is -2.27. The van der Waals surface area contributed by atoms with Crippen LogP contribution < -0.4 is 21.7 Å². The SMILES string of the molecule is CCC(C)C(NC(=O)C(N)CC(=O)O)C(=O)NC(Cc1cnc[nH]1)C(=O)NC(CCC(=O)O)C(=O)O. The van der Waals surface area contributed by atoms with Crippen LogP contribution in [0.1, 0.15) is 45.2 Å². The van der Waals surface area contributed by atoms with Crippen molar-refractivity contribution >= 4 is 35.6 Å². The topological polar surface area (TPSA) is 254 Å². The molecule has 9 N–H and O–H groups in total. The Balaban J connectivity index is 3.09. The second-order valence-electron chi connectivity index (χ2n) is 8.25. The predicted molar refractivity (Wildman–Crippen MR) is 122 cm³/mol. The number of carboxylic acid groups (broad SMARTS) is 3. The largest absolute Gasteiger partial charge is 0.481 e. The number of aliphatic carboxylic acids is 3. The van der Waals surface area contributed by atoms with Crippen LogP contribution in [-0.2, 0) is 35.2 Å². The first-order chi connectivity index (χ1) is 16.8. The Hall–Kier alpha value is -4.01. The van der Waals surface area contributed by atoms with Crippen molar-refractivity contribution < 1.29 is 44.1 Å². The van der Waals surface area contributed by atoms with Gasteiger partial charge in [0.1, 0.15) is 18.1 Å². The first-order valence-corrected chi connectivity index (χ1v) is 11.2. The van der Waals surface area contributed by atoms with E-state index in [1.165, 1.54) is 12.5 Å². The van der Waals surface area contributed by atoms with Gasteiger partial charge < -0.3 is 42.0 Å². The molecule has 0 aromatic carbocycles. The van der Waals surface area contributed by atoms with Crippen molar-refractivity contribution in [1.82, 2.24) is 25.9 Å². The van der Waals surface area contributed by atoms with Crippen molar-refractivity contribution in [3.05, 3.63) is 18.2 Å². The van der Waals surface area contributed by atoms with Crippen molar-refractivity contribution in [2.75, 3.05) is 0 Å². The molecule has 5 atom stereocenters. The maximum Gasteiger partial charge on any atom is 0.326 e. The summed E-state index contributed by atoms with van der Waals surface area (Å²) in [6.45, 7) is 3.41. The maximum absolute atomic E-state index is 13.1. The third kappa shape index (κ3) is 10.1. The van der Waals surface area contributed by atoms with Crippen molar-refractivity contribution in [2.45, 2.75) is 70.1 Å². The van der Waals surface area contributed by atoms with E-state index in [-0.39, 0.29) is 12.8 Å². The van der Waals surface area contributed by atoms with E-state index in [2.05, 4.69) is 25.9 Å². The molecule has 15 heteroatoms. The minimum atomic E-state index is -1.52. The molecular weight excluding hydrogens is 480 g/mol. The molecule has 1 heterocycles. The summed E-state index contributed by atoms with van der Waals surface area (Å²) >= 11 is 0. The van der Waals surface area contributed by atoms with E-state index in [4.69, 9.17) is 15.9 Å². The van der Waals surface area contributed by atoms with Gasteiger partial charge in [0, 0.05) is 24.7 Å². The van der Waals surface area contributed by atoms with Gasteiger partial charge in [-0.2, -0.15) is 0 Å². The lowest BCUT2D eigenvalue weighted by Crippen LogP contribution is -2.59. The summed E-state index contributed by atoms with van der Waals surface area (Å²) in [5, 5.41) is 34.2. The molecule has 3 amide bonds. The third-order valence-corrected chi connectivity index (χ3v) is 5.40. The third-order valence-electron chi connectivity index (χ3n) is 5.40. The highest BCUT2D eigenvalue weighted by molar-refractivity contribution is 5.95. The summed E-state index contributed by atoms with van der Waals surface area (Å²) < 4.78 is 0. The summed E-state index contributed by atoms with van der Waals surface area (Å²) in [5.41, 5.74) is 6.01. The molecule has 200 valence electrons. The molecule has 0 aliphatic rings. The van der Waals surface area contributed by atoms with Gasteiger partial charge in [0.15, 0.2) is 0 Å². The predicted octanol–water partition coefficient (Wildman–Crippen LogP) is -1.80. The zero-order chi connectivity index (χ0) is 27.4. The zero-order valence-electron chi connectivity index (χ0n) is 19.9. The number of aromatic amines is 1. The number of H-pyrrole nitrogens is 1. The highest BCUT2D eigenvalue weighted by Gasteiger charge is 2.33. The van der Waals surface area contributed by atoms with Crippen molar-refractivity contribution in [2.24, 2.45) is 11.7 Å². The van der Waals surface area contributed by atoms with E-state index in [0.717, 1.165) is 0 Å². The van der Waals surface area contributed by atoms with Gasteiger partial charge in [-0.25, -0.2) is 9.78 Å². The molecule has 0 aliphatic carbocycles. The van der Waals surface area contributed by atoms with Crippen molar-refractivity contribution in [1.29, 1.82) is 0 Å². The van der Waals surface area contributed by atoms with Gasteiger partial charge in [-0.15, -0.1) is 0 Å². The van der Waals surface area contributed by atoms with Crippen LogP contribution in [0.5, 0.6) is 0 Å². The van der Waals surface area contributed by atoms with E-state index in [9.17, 15) is 33.9 Å². The second kappa shape index (κ2) is 14.4. The van der Waals surface area contributed by atoms with Gasteiger partial charge in [-0.3, -0.25) is 24.0 Å². The number of nitrogens with zero attached hydrogens (tertiary/aromatic N) is 1. The monoisotopic (exact) mass is 512 g/mol. The minimum Gasteiger partial charge on any atom is -0.481 e. The lowest BCUT2D eigenvalue weighted by atomic mass is 9.97. The molecule has 15 nitrogen and oxygen atoms in total. The zero-order valence-corrected chi connectivity index (χ0v) is 19.9. The molecule has 0 fully saturated rings. The van der Waals surface area contributed by atoms with Crippen LogP contribution in [-0.4, -0.2) is 85.1 Å². The fraction of sp³-hybridized carbons (Fsp3) is 0.571. The Kier molecular flexibility index (Phi) is 12.0. The number of hydrogen-bond donors (Lipinski definition) is 8. The number of carbonyl (C=O) groups is 6. The van der Waals surface area contributed by atoms with E-state index in [0.29, 0.717) is 12.1 Å². The van der Waals surface area contributed by atoms with E-state index in [1.54, 1.807) is 13.8 Å². The molecule has 0 bridgehead atoms. The number of imidazole rings is 1. The summed E-state index contributed by atoms with van der Waals surface area (Å²) in [7, 11) is 0. The number of amides is 3. The molecule has 5 unspecified atom stereocenters. The van der Waals surface area contributed by atoms with Crippen LogP contribution in [0.25, 0.3) is 0 Å². The van der Waals surface area contributed by atoms with E-state index in [1.807, 2.05) is 0 Å². The first-order valence-electron chi connectivity index (χ1n) is 11.2. The molecule has 1 aromatic heterocycles. The van der Waals surface area contributed by atoms with Crippen LogP contribution in [0, 0.1) is 5.92 Å². The van der Waals surface area contributed by atoms with Gasteiger partial charge in [0.2, 0.25) is 17.7 Å². The van der Waals surface area contributed by atoms with Crippen LogP contribution in [0.2, 0.25) is 0 Å². The number of nitrogens with two attached hydrogens (primary N) is 1. The Morgan fingerprint density at radius 3 is 2.11 bits per heavy atom. The molecule has 0 saturated heterocycles. The molecule has 0 aliphatic heterocycles. The number of rotatable bonds is 16. The lowest BCUT2D eigenvalue weighted by molar-refractivity contribution is -0.143. The maximum atomic E-state index is 13.1. The van der Waals surface area contributed by atoms with Crippen molar-refractivity contribution in [3.8, 4) is 0 Å². The molecule has 0 saturated carbocycles. The van der Waals surface area contributed by atoms with Crippen LogP contribution >= 0.6 is 0 Å². The number of carboxylic acids is 3. The van der Waals surface area contributed by atoms with Gasteiger partial charge in [-0.1, -0.05) is 20.3 Å². The van der Waals surface area contributed by atoms with E-state index < -0.39 is 78.6 Å². The Morgan fingerprint density at radius 1 is 0.972 bits per heavy atom. The Bertz CT molecular complexity index is 936. The molecule has 1 aromatic rings. The van der Waals surface area contributed by atoms with Gasteiger partial charge in [0.05, 0.1) is 18.8 Å². The summed E-state index contributed by atoms with van der Waals surface area (Å²) in [6, 6.07) is -5.42. The Labute approximate surface area is 206 Å². The molecule has 0 radical (unpaired) electrons. The number of aromatic nitrogens is 2. The van der Waals surface area contributed by atoms with Gasteiger partial charge in [0.25, 0.3) is 0 Å². The number of nitrogens with one attached hydrogen (secondary N) is 4. The van der Waals surface area contributed by atoms with Crippen LogP contribution in [0.3, 0.4) is 0 Å². The normalized spacial score (nSPS) is 15.0. The van der Waals surface area contributed by atoms with Gasteiger partial charge >= 0.3 is 17.9 Å². The summed E-state index contributed by atoms with van der Waals surface area (Å²) in [6.07, 6.45) is 1.50. The smallest absolute Gasteiger partial charge is 0.326 e. The minimum absolute atomic E-state index is 0.122. The molecule has 0 spiro atoms. The Morgan fingerprint density at radius 2 is 1.61 bits per heavy atom. The average molecular weight is 513 g/mol. The van der Waals surface area contributed by atoms with Gasteiger partial charge in [-0.05, 0) is 12.3 Å². The van der Waals surface area contributed by atoms with Crippen LogP contribution in [0.4, 0.5) is 0 Å². The molecule has 1 rings (SSSR count). The average Bonchev–Trinajstić information content (AvgIpc) is 3.31. The number of hydrogen-bond acceptors (Lipinski definition) is 8. The van der Waals surface area contributed by atoms with Crippen molar-refractivity contribution in [3.63, 3.8) is 0 Å². The fourth-order valence-electron chi connectivity index (χ4n) is 3.13. The quantitative estimate of drug-likeness (QED) is 0.123. The molecular formula is C21H32N6O9. The highest BCUT2D eigenvalue weighted by Crippen LogP contribution is 2.10.